The van der Waals surface area contributed by atoms with Crippen LogP contribution in [0.2, 0.25) is 0 Å². The number of furan rings is 1. The molecule has 1 aromatic carbocycles. The molecule has 0 N–H and O–H groups in total. The normalized spacial score (nSPS) is 14.1. The van der Waals surface area contributed by atoms with Gasteiger partial charge < -0.3 is 4.42 Å². The zero-order chi connectivity index (χ0) is 13.3. The van der Waals surface area contributed by atoms with Crippen LogP contribution in [0.5, 0.6) is 0 Å². The first-order chi connectivity index (χ1) is 8.38. The Morgan fingerprint density at radius 2 is 2.00 bits per heavy atom. The van der Waals surface area contributed by atoms with Crippen molar-refractivity contribution in [2.24, 2.45) is 5.41 Å². The molecular weight excluding hydrogens is 244 g/mol. The van der Waals surface area contributed by atoms with Crippen molar-refractivity contribution >= 4 is 22.6 Å². The second-order valence-corrected chi connectivity index (χ2v) is 6.61. The molecule has 18 heavy (non-hydrogen) atoms. The third kappa shape index (κ3) is 2.89. The highest BCUT2D eigenvalue weighted by molar-refractivity contribution is 6.21. The fraction of sp³-hybridized carbons (Fsp3) is 0.500. The molecule has 1 aromatic heterocycles. The van der Waals surface area contributed by atoms with Crippen LogP contribution in [0, 0.1) is 12.3 Å². The molecule has 1 atom stereocenters. The third-order valence-corrected chi connectivity index (χ3v) is 4.25. The van der Waals surface area contributed by atoms with Gasteiger partial charge in [0.2, 0.25) is 0 Å². The first-order valence-corrected chi connectivity index (χ1v) is 6.93. The Balaban J connectivity index is 2.11. The highest BCUT2D eigenvalue weighted by atomic mass is 35.5. The van der Waals surface area contributed by atoms with Gasteiger partial charge in [0.25, 0.3) is 0 Å². The van der Waals surface area contributed by atoms with E-state index in [0.717, 1.165) is 24.2 Å². The Kier molecular flexibility index (Phi) is 3.72. The van der Waals surface area contributed by atoms with Gasteiger partial charge in [-0.05, 0) is 30.4 Å². The molecule has 0 amide bonds. The average Bonchev–Trinajstić information content (AvgIpc) is 2.69. The summed E-state index contributed by atoms with van der Waals surface area (Å²) in [5, 5.41) is 1.36. The second-order valence-electron chi connectivity index (χ2n) is 6.08. The zero-order valence-corrected chi connectivity index (χ0v) is 12.3. The van der Waals surface area contributed by atoms with Crippen molar-refractivity contribution in [3.8, 4) is 0 Å². The van der Waals surface area contributed by atoms with Crippen LogP contribution in [0.1, 0.15) is 38.5 Å². The van der Waals surface area contributed by atoms with Crippen LogP contribution in [0.15, 0.2) is 28.7 Å². The lowest BCUT2D eigenvalue weighted by atomic mass is 9.89. The van der Waals surface area contributed by atoms with E-state index in [0.29, 0.717) is 0 Å². The Labute approximate surface area is 114 Å². The third-order valence-electron chi connectivity index (χ3n) is 3.38. The highest BCUT2D eigenvalue weighted by Crippen LogP contribution is 2.29. The summed E-state index contributed by atoms with van der Waals surface area (Å²) in [6.45, 7) is 8.60. The van der Waals surface area contributed by atoms with Gasteiger partial charge in [-0.3, -0.25) is 0 Å². The van der Waals surface area contributed by atoms with Gasteiger partial charge >= 0.3 is 0 Å². The molecule has 0 aliphatic carbocycles. The van der Waals surface area contributed by atoms with Crippen molar-refractivity contribution in [3.63, 3.8) is 0 Å². The summed E-state index contributed by atoms with van der Waals surface area (Å²) in [6.07, 6.45) is 1.85. The van der Waals surface area contributed by atoms with Gasteiger partial charge in [-0.2, -0.15) is 0 Å². The summed E-state index contributed by atoms with van der Waals surface area (Å²) in [7, 11) is 0. The number of para-hydroxylation sites is 1. The van der Waals surface area contributed by atoms with Gasteiger partial charge in [-0.15, -0.1) is 11.6 Å². The van der Waals surface area contributed by atoms with Gasteiger partial charge in [0, 0.05) is 17.2 Å². The summed E-state index contributed by atoms with van der Waals surface area (Å²) in [5.74, 6) is 1.04. The topological polar surface area (TPSA) is 13.1 Å². The zero-order valence-electron chi connectivity index (χ0n) is 11.6. The van der Waals surface area contributed by atoms with E-state index in [4.69, 9.17) is 16.0 Å². The molecule has 0 aliphatic rings. The minimum Gasteiger partial charge on any atom is -0.461 e. The van der Waals surface area contributed by atoms with Crippen molar-refractivity contribution in [1.29, 1.82) is 0 Å². The number of fused-ring (bicyclic) bond motifs is 1. The van der Waals surface area contributed by atoms with E-state index in [1.165, 1.54) is 10.9 Å². The van der Waals surface area contributed by atoms with E-state index >= 15 is 0 Å². The minimum absolute atomic E-state index is 0.142. The van der Waals surface area contributed by atoms with Gasteiger partial charge in [0.15, 0.2) is 0 Å². The lowest BCUT2D eigenvalue weighted by Crippen LogP contribution is -2.21. The summed E-state index contributed by atoms with van der Waals surface area (Å²) in [4.78, 5) is 0. The van der Waals surface area contributed by atoms with Crippen molar-refractivity contribution < 1.29 is 4.42 Å². The molecule has 1 unspecified atom stereocenters. The number of rotatable bonds is 3. The van der Waals surface area contributed by atoms with Crippen LogP contribution in [0.3, 0.4) is 0 Å². The van der Waals surface area contributed by atoms with Crippen molar-refractivity contribution in [2.75, 3.05) is 0 Å². The molecule has 0 radical (unpaired) electrons. The summed E-state index contributed by atoms with van der Waals surface area (Å²) in [6, 6.07) is 8.37. The maximum absolute atomic E-state index is 6.40. The molecule has 1 heterocycles. The molecule has 2 aromatic rings. The SMILES string of the molecule is Cc1cccc2cc(CCC(Cl)C(C)(C)C)oc12. The van der Waals surface area contributed by atoms with Crippen LogP contribution >= 0.6 is 11.6 Å². The lowest BCUT2D eigenvalue weighted by molar-refractivity contribution is 0.367. The highest BCUT2D eigenvalue weighted by Gasteiger charge is 2.22. The first kappa shape index (κ1) is 13.5. The van der Waals surface area contributed by atoms with Gasteiger partial charge in [0.1, 0.15) is 11.3 Å². The van der Waals surface area contributed by atoms with Crippen molar-refractivity contribution in [1.82, 2.24) is 0 Å². The second kappa shape index (κ2) is 4.97. The summed E-state index contributed by atoms with van der Waals surface area (Å²) < 4.78 is 5.90. The quantitative estimate of drug-likeness (QED) is 0.683. The van der Waals surface area contributed by atoms with Crippen LogP contribution in [0.25, 0.3) is 11.0 Å². The summed E-state index contributed by atoms with van der Waals surface area (Å²) >= 11 is 6.40. The van der Waals surface area contributed by atoms with E-state index in [9.17, 15) is 0 Å². The fourth-order valence-corrected chi connectivity index (χ4v) is 2.20. The maximum atomic E-state index is 6.40. The standard InChI is InChI=1S/C16H21ClO/c1-11-6-5-7-12-10-13(18-15(11)12)8-9-14(17)16(2,3)4/h5-7,10,14H,8-9H2,1-4H3. The monoisotopic (exact) mass is 264 g/mol. The van der Waals surface area contributed by atoms with E-state index < -0.39 is 0 Å². The molecule has 0 bridgehead atoms. The number of alkyl halides is 1. The molecule has 0 aliphatic heterocycles. The number of halogens is 1. The molecule has 0 fully saturated rings. The van der Waals surface area contributed by atoms with Gasteiger partial charge in [-0.1, -0.05) is 39.0 Å². The van der Waals surface area contributed by atoms with Crippen LogP contribution in [0.4, 0.5) is 0 Å². The molecule has 0 saturated heterocycles. The van der Waals surface area contributed by atoms with E-state index in [1.54, 1.807) is 0 Å². The van der Waals surface area contributed by atoms with Gasteiger partial charge in [0.05, 0.1) is 0 Å². The molecule has 2 heteroatoms. The van der Waals surface area contributed by atoms with Crippen molar-refractivity contribution in [2.45, 2.75) is 45.9 Å². The predicted octanol–water partition coefficient (Wildman–Crippen LogP) is 5.33. The molecule has 0 spiro atoms. The van der Waals surface area contributed by atoms with Crippen molar-refractivity contribution in [3.05, 3.63) is 35.6 Å². The largest absolute Gasteiger partial charge is 0.461 e. The van der Waals surface area contributed by atoms with E-state index in [2.05, 4.69) is 52.0 Å². The van der Waals surface area contributed by atoms with Crippen LogP contribution < -0.4 is 0 Å². The Hall–Kier alpha value is -0.950. The van der Waals surface area contributed by atoms with Gasteiger partial charge in [-0.25, -0.2) is 0 Å². The fourth-order valence-electron chi connectivity index (χ4n) is 2.09. The molecule has 98 valence electrons. The number of aryl methyl sites for hydroxylation is 2. The molecule has 2 rings (SSSR count). The van der Waals surface area contributed by atoms with E-state index in [1.807, 2.05) is 0 Å². The molecular formula is C16H21ClO. The Morgan fingerprint density at radius 3 is 2.61 bits per heavy atom. The first-order valence-electron chi connectivity index (χ1n) is 6.50. The maximum Gasteiger partial charge on any atom is 0.137 e. The number of hydrogen-bond donors (Lipinski definition) is 0. The average molecular weight is 265 g/mol. The number of hydrogen-bond acceptors (Lipinski definition) is 1. The van der Waals surface area contributed by atoms with E-state index in [-0.39, 0.29) is 10.8 Å². The smallest absolute Gasteiger partial charge is 0.137 e. The predicted molar refractivity (Wildman–Crippen MR) is 78.4 cm³/mol. The number of benzene rings is 1. The lowest BCUT2D eigenvalue weighted by Gasteiger charge is -2.24. The van der Waals surface area contributed by atoms with Crippen LogP contribution in [-0.4, -0.2) is 5.38 Å². The summed E-state index contributed by atoms with van der Waals surface area (Å²) in [5.41, 5.74) is 2.34. The molecule has 0 saturated carbocycles. The minimum atomic E-state index is 0.142. The molecule has 1 nitrogen and oxygen atoms in total. The van der Waals surface area contributed by atoms with Crippen LogP contribution in [-0.2, 0) is 6.42 Å². The Morgan fingerprint density at radius 1 is 1.28 bits per heavy atom. The Bertz CT molecular complexity index is 534.